The summed E-state index contributed by atoms with van der Waals surface area (Å²) in [6.45, 7) is 4.22. The zero-order chi connectivity index (χ0) is 20.2. The fourth-order valence-electron chi connectivity index (χ4n) is 5.51. The third kappa shape index (κ3) is 2.90. The molecule has 2 aromatic rings. The number of ether oxygens (including phenoxy) is 1. The molecule has 6 nitrogen and oxygen atoms in total. The van der Waals surface area contributed by atoms with Gasteiger partial charge >= 0.3 is 6.09 Å². The number of amides is 1. The van der Waals surface area contributed by atoms with E-state index in [1.54, 1.807) is 0 Å². The van der Waals surface area contributed by atoms with Gasteiger partial charge in [-0.15, -0.1) is 0 Å². The van der Waals surface area contributed by atoms with Gasteiger partial charge in [0.1, 0.15) is 11.9 Å². The zero-order valence-electron chi connectivity index (χ0n) is 17.2. The Labute approximate surface area is 171 Å². The average Bonchev–Trinajstić information content (AvgIpc) is 3.14. The molecule has 0 saturated carbocycles. The molecule has 29 heavy (non-hydrogen) atoms. The third-order valence-electron chi connectivity index (χ3n) is 6.88. The lowest BCUT2D eigenvalue weighted by molar-refractivity contribution is 0.192. The Morgan fingerprint density at radius 2 is 2.07 bits per heavy atom. The van der Waals surface area contributed by atoms with Crippen molar-refractivity contribution in [2.24, 2.45) is 0 Å². The van der Waals surface area contributed by atoms with Crippen LogP contribution in [-0.2, 0) is 11.8 Å². The van der Waals surface area contributed by atoms with Gasteiger partial charge in [0.2, 0.25) is 0 Å². The van der Waals surface area contributed by atoms with E-state index in [4.69, 9.17) is 4.74 Å². The molecule has 2 unspecified atom stereocenters. The maximum absolute atomic E-state index is 12.6. The summed E-state index contributed by atoms with van der Waals surface area (Å²) in [5.74, 6) is 0.593. The van der Waals surface area contributed by atoms with E-state index in [-0.39, 0.29) is 11.6 Å². The van der Waals surface area contributed by atoms with Gasteiger partial charge in [0.15, 0.2) is 0 Å². The number of nitrogens with one attached hydrogen (secondary N) is 2. The van der Waals surface area contributed by atoms with Crippen molar-refractivity contribution in [1.29, 1.82) is 0 Å². The van der Waals surface area contributed by atoms with E-state index in [0.717, 1.165) is 31.5 Å². The van der Waals surface area contributed by atoms with Gasteiger partial charge in [-0.3, -0.25) is 10.2 Å². The average molecular weight is 393 g/mol. The number of likely N-dealkylation sites (N-methyl/N-ethyl adjacent to an activating group) is 2. The lowest BCUT2D eigenvalue weighted by atomic mass is 9.81. The Morgan fingerprint density at radius 3 is 2.93 bits per heavy atom. The molecule has 3 aliphatic rings. The second kappa shape index (κ2) is 6.75. The maximum atomic E-state index is 12.6. The fourth-order valence-corrected chi connectivity index (χ4v) is 5.51. The molecule has 2 N–H and O–H groups in total. The topological polar surface area (TPSA) is 56.8 Å². The molecule has 0 radical (unpaired) electrons. The summed E-state index contributed by atoms with van der Waals surface area (Å²) >= 11 is 0. The monoisotopic (exact) mass is 392 g/mol. The summed E-state index contributed by atoms with van der Waals surface area (Å²) in [7, 11) is 4.33. The molecule has 1 amide bonds. The van der Waals surface area contributed by atoms with Gasteiger partial charge in [-0.2, -0.15) is 0 Å². The minimum atomic E-state index is -0.434. The predicted octanol–water partition coefficient (Wildman–Crippen LogP) is 2.99. The van der Waals surface area contributed by atoms with Gasteiger partial charge in [-0.05, 0) is 54.8 Å². The Bertz CT molecular complexity index is 962. The number of carbonyl (C=O) groups is 1. The molecule has 3 heterocycles. The van der Waals surface area contributed by atoms with Crippen molar-refractivity contribution >= 4 is 11.8 Å². The number of anilines is 1. The van der Waals surface area contributed by atoms with Gasteiger partial charge in [-0.25, -0.2) is 4.79 Å². The molecule has 6 heteroatoms. The van der Waals surface area contributed by atoms with Gasteiger partial charge < -0.3 is 15.0 Å². The second-order valence-electron chi connectivity index (χ2n) is 8.68. The maximum Gasteiger partial charge on any atom is 0.414 e. The van der Waals surface area contributed by atoms with Crippen molar-refractivity contribution in [2.75, 3.05) is 32.1 Å². The number of benzene rings is 2. The summed E-state index contributed by atoms with van der Waals surface area (Å²) < 4.78 is 5.69. The van der Waals surface area contributed by atoms with E-state index >= 15 is 0 Å². The zero-order valence-corrected chi connectivity index (χ0v) is 17.2. The van der Waals surface area contributed by atoms with Crippen LogP contribution in [0, 0.1) is 0 Å². The van der Waals surface area contributed by atoms with Crippen molar-refractivity contribution in [2.45, 2.75) is 37.5 Å². The van der Waals surface area contributed by atoms with E-state index in [2.05, 4.69) is 59.7 Å². The summed E-state index contributed by atoms with van der Waals surface area (Å²) in [6.07, 6.45) is 1.76. The van der Waals surface area contributed by atoms with Crippen molar-refractivity contribution < 1.29 is 9.53 Å². The first-order chi connectivity index (χ1) is 14.0. The van der Waals surface area contributed by atoms with Gasteiger partial charge in [0, 0.05) is 31.2 Å². The van der Waals surface area contributed by atoms with Crippen molar-refractivity contribution in [3.8, 4) is 5.75 Å². The standard InChI is InChI=1S/C23H28N4O2/c1-23-11-13-26(2)21(23)27(3)19-9-8-16(14-18(19)23)29-22(28)25-20-17-7-5-4-6-15(17)10-12-24-20/h4-9,14,20-21,24H,10-13H2,1-3H3,(H,25,28)/t20?,21?,23-/m0/s1. The summed E-state index contributed by atoms with van der Waals surface area (Å²) in [5, 5.41) is 6.33. The van der Waals surface area contributed by atoms with Crippen LogP contribution in [0.15, 0.2) is 42.5 Å². The van der Waals surface area contributed by atoms with E-state index < -0.39 is 6.09 Å². The normalized spacial score (nSPS) is 27.9. The van der Waals surface area contributed by atoms with Crippen LogP contribution in [0.25, 0.3) is 0 Å². The molecule has 0 bridgehead atoms. The van der Waals surface area contributed by atoms with Crippen molar-refractivity contribution in [1.82, 2.24) is 15.5 Å². The van der Waals surface area contributed by atoms with E-state index in [1.807, 2.05) is 24.3 Å². The first kappa shape index (κ1) is 18.5. The Kier molecular flexibility index (Phi) is 4.29. The summed E-state index contributed by atoms with van der Waals surface area (Å²) in [5.41, 5.74) is 4.91. The van der Waals surface area contributed by atoms with E-state index in [0.29, 0.717) is 11.9 Å². The highest BCUT2D eigenvalue weighted by atomic mass is 16.6. The summed E-state index contributed by atoms with van der Waals surface area (Å²) in [4.78, 5) is 17.4. The molecule has 5 rings (SSSR count). The molecule has 2 aromatic carbocycles. The highest BCUT2D eigenvalue weighted by Gasteiger charge is 2.52. The quantitative estimate of drug-likeness (QED) is 0.823. The van der Waals surface area contributed by atoms with Crippen LogP contribution in [0.4, 0.5) is 10.5 Å². The number of likely N-dealkylation sites (tertiary alicyclic amines) is 1. The molecule has 0 spiro atoms. The SMILES string of the molecule is CN1CC[C@@]2(C)c3cc(OC(=O)NC4NCCc5ccccc54)ccc3N(C)C12. The Balaban J connectivity index is 1.34. The van der Waals surface area contributed by atoms with Gasteiger partial charge in [-0.1, -0.05) is 31.2 Å². The second-order valence-corrected chi connectivity index (χ2v) is 8.68. The Morgan fingerprint density at radius 1 is 1.24 bits per heavy atom. The predicted molar refractivity (Wildman–Crippen MR) is 113 cm³/mol. The number of hydrogen-bond acceptors (Lipinski definition) is 5. The number of carbonyl (C=O) groups excluding carboxylic acids is 1. The number of fused-ring (bicyclic) bond motifs is 4. The van der Waals surface area contributed by atoms with Crippen molar-refractivity contribution in [3.63, 3.8) is 0 Å². The number of rotatable bonds is 2. The number of nitrogens with zero attached hydrogens (tertiary/aromatic N) is 2. The molecular weight excluding hydrogens is 364 g/mol. The van der Waals surface area contributed by atoms with E-state index in [1.165, 1.54) is 16.8 Å². The van der Waals surface area contributed by atoms with Crippen LogP contribution in [0.5, 0.6) is 5.75 Å². The van der Waals surface area contributed by atoms with Crippen LogP contribution < -0.4 is 20.3 Å². The number of hydrogen-bond donors (Lipinski definition) is 2. The molecule has 0 aromatic heterocycles. The van der Waals surface area contributed by atoms with Crippen molar-refractivity contribution in [3.05, 3.63) is 59.2 Å². The minimum Gasteiger partial charge on any atom is -0.410 e. The van der Waals surface area contributed by atoms with Crippen LogP contribution in [0.3, 0.4) is 0 Å². The van der Waals surface area contributed by atoms with E-state index in [9.17, 15) is 4.79 Å². The van der Waals surface area contributed by atoms with Crippen LogP contribution >= 0.6 is 0 Å². The van der Waals surface area contributed by atoms with Crippen LogP contribution in [0.2, 0.25) is 0 Å². The summed E-state index contributed by atoms with van der Waals surface area (Å²) in [6, 6.07) is 14.2. The molecule has 152 valence electrons. The molecule has 3 aliphatic heterocycles. The molecule has 1 fully saturated rings. The fraction of sp³-hybridized carbons (Fsp3) is 0.435. The van der Waals surface area contributed by atoms with Gasteiger partial charge in [0.25, 0.3) is 0 Å². The Hall–Kier alpha value is -2.57. The molecule has 1 saturated heterocycles. The highest BCUT2D eigenvalue weighted by molar-refractivity contribution is 5.73. The highest BCUT2D eigenvalue weighted by Crippen LogP contribution is 2.51. The first-order valence-corrected chi connectivity index (χ1v) is 10.3. The lowest BCUT2D eigenvalue weighted by Gasteiger charge is -2.32. The first-order valence-electron chi connectivity index (χ1n) is 10.3. The minimum absolute atomic E-state index is 0.0541. The van der Waals surface area contributed by atoms with Crippen LogP contribution in [-0.4, -0.2) is 44.3 Å². The lowest BCUT2D eigenvalue weighted by Crippen LogP contribution is -2.45. The largest absolute Gasteiger partial charge is 0.414 e. The van der Waals surface area contributed by atoms with Gasteiger partial charge in [0.05, 0.1) is 6.17 Å². The smallest absolute Gasteiger partial charge is 0.410 e. The third-order valence-corrected chi connectivity index (χ3v) is 6.88. The van der Waals surface area contributed by atoms with Crippen LogP contribution in [0.1, 0.15) is 36.2 Å². The molecule has 0 aliphatic carbocycles. The molecular formula is C23H28N4O2. The molecule has 3 atom stereocenters.